The molecular weight excluding hydrogens is 298 g/mol. The molecule has 2 rings (SSSR count). The van der Waals surface area contributed by atoms with Crippen LogP contribution in [0.3, 0.4) is 0 Å². The maximum absolute atomic E-state index is 12.1. The molecule has 0 spiro atoms. The van der Waals surface area contributed by atoms with Crippen molar-refractivity contribution in [1.29, 1.82) is 0 Å². The summed E-state index contributed by atoms with van der Waals surface area (Å²) < 4.78 is 4.86. The SMILES string of the molecule is COCCCNC(=O)C(=O)Nc1ccccc1C(=O)NC1CC1. The summed E-state index contributed by atoms with van der Waals surface area (Å²) in [7, 11) is 1.57. The Morgan fingerprint density at radius 3 is 2.61 bits per heavy atom. The van der Waals surface area contributed by atoms with Crippen molar-refractivity contribution in [3.8, 4) is 0 Å². The molecule has 0 aliphatic heterocycles. The lowest BCUT2D eigenvalue weighted by Crippen LogP contribution is -2.36. The van der Waals surface area contributed by atoms with Crippen molar-refractivity contribution in [2.24, 2.45) is 0 Å². The molecule has 1 aromatic rings. The molecule has 0 saturated heterocycles. The zero-order chi connectivity index (χ0) is 16.7. The van der Waals surface area contributed by atoms with E-state index in [0.717, 1.165) is 12.8 Å². The summed E-state index contributed by atoms with van der Waals surface area (Å²) in [5, 5.41) is 7.84. The van der Waals surface area contributed by atoms with Crippen LogP contribution in [-0.4, -0.2) is 44.0 Å². The van der Waals surface area contributed by atoms with E-state index in [2.05, 4.69) is 16.0 Å². The number of nitrogens with one attached hydrogen (secondary N) is 3. The molecule has 1 aliphatic carbocycles. The largest absolute Gasteiger partial charge is 0.385 e. The first-order chi connectivity index (χ1) is 11.1. The van der Waals surface area contributed by atoms with Gasteiger partial charge in [-0.25, -0.2) is 0 Å². The average molecular weight is 319 g/mol. The molecular formula is C16H21N3O4. The molecule has 7 nitrogen and oxygen atoms in total. The van der Waals surface area contributed by atoms with Crippen LogP contribution in [0.5, 0.6) is 0 Å². The van der Waals surface area contributed by atoms with Gasteiger partial charge in [0.05, 0.1) is 11.3 Å². The van der Waals surface area contributed by atoms with E-state index in [4.69, 9.17) is 4.74 Å². The Hall–Kier alpha value is -2.41. The van der Waals surface area contributed by atoms with Gasteiger partial charge in [-0.1, -0.05) is 12.1 Å². The Kier molecular flexibility index (Phi) is 6.10. The standard InChI is InChI=1S/C16H21N3O4/c1-23-10-4-9-17-15(21)16(22)19-13-6-3-2-5-12(13)14(20)18-11-7-8-11/h2-3,5-6,11H,4,7-10H2,1H3,(H,17,21)(H,18,20)(H,19,22). The highest BCUT2D eigenvalue weighted by molar-refractivity contribution is 6.40. The number of para-hydroxylation sites is 1. The molecule has 0 heterocycles. The highest BCUT2D eigenvalue weighted by Gasteiger charge is 2.25. The van der Waals surface area contributed by atoms with Gasteiger partial charge in [-0.3, -0.25) is 14.4 Å². The van der Waals surface area contributed by atoms with Crippen molar-refractivity contribution in [3.05, 3.63) is 29.8 Å². The van der Waals surface area contributed by atoms with Gasteiger partial charge in [0.25, 0.3) is 5.91 Å². The molecule has 1 saturated carbocycles. The van der Waals surface area contributed by atoms with Gasteiger partial charge in [0.1, 0.15) is 0 Å². The highest BCUT2D eigenvalue weighted by Crippen LogP contribution is 2.21. The molecule has 0 bridgehead atoms. The number of rotatable bonds is 7. The fourth-order valence-electron chi connectivity index (χ4n) is 1.96. The number of carbonyl (C=O) groups excluding carboxylic acids is 3. The van der Waals surface area contributed by atoms with E-state index in [1.165, 1.54) is 0 Å². The van der Waals surface area contributed by atoms with Gasteiger partial charge in [0.2, 0.25) is 0 Å². The van der Waals surface area contributed by atoms with Crippen molar-refractivity contribution < 1.29 is 19.1 Å². The van der Waals surface area contributed by atoms with Crippen molar-refractivity contribution in [3.63, 3.8) is 0 Å². The third-order valence-electron chi connectivity index (χ3n) is 3.35. The van der Waals surface area contributed by atoms with Gasteiger partial charge in [-0.15, -0.1) is 0 Å². The molecule has 124 valence electrons. The first-order valence-corrected chi connectivity index (χ1v) is 7.60. The van der Waals surface area contributed by atoms with E-state index in [1.807, 2.05) is 0 Å². The number of methoxy groups -OCH3 is 1. The fraction of sp³-hybridized carbons (Fsp3) is 0.438. The molecule has 23 heavy (non-hydrogen) atoms. The molecule has 3 N–H and O–H groups in total. The minimum absolute atomic E-state index is 0.218. The fourth-order valence-corrected chi connectivity index (χ4v) is 1.96. The summed E-state index contributed by atoms with van der Waals surface area (Å²) >= 11 is 0. The lowest BCUT2D eigenvalue weighted by Gasteiger charge is -2.11. The molecule has 1 fully saturated rings. The van der Waals surface area contributed by atoms with Gasteiger partial charge in [-0.2, -0.15) is 0 Å². The summed E-state index contributed by atoms with van der Waals surface area (Å²) in [6.45, 7) is 0.857. The maximum Gasteiger partial charge on any atom is 0.313 e. The lowest BCUT2D eigenvalue weighted by molar-refractivity contribution is -0.136. The molecule has 1 aromatic carbocycles. The van der Waals surface area contributed by atoms with Crippen LogP contribution in [-0.2, 0) is 14.3 Å². The topological polar surface area (TPSA) is 96.5 Å². The zero-order valence-corrected chi connectivity index (χ0v) is 13.1. The number of benzene rings is 1. The Morgan fingerprint density at radius 2 is 1.91 bits per heavy atom. The van der Waals surface area contributed by atoms with Crippen molar-refractivity contribution in [2.45, 2.75) is 25.3 Å². The van der Waals surface area contributed by atoms with Crippen LogP contribution in [0.2, 0.25) is 0 Å². The van der Waals surface area contributed by atoms with Crippen molar-refractivity contribution in [1.82, 2.24) is 10.6 Å². The minimum atomic E-state index is -0.797. The summed E-state index contributed by atoms with van der Waals surface area (Å²) in [6, 6.07) is 6.83. The van der Waals surface area contributed by atoms with E-state index >= 15 is 0 Å². The number of ether oxygens (including phenoxy) is 1. The number of hydrogen-bond acceptors (Lipinski definition) is 4. The molecule has 0 unspecified atom stereocenters. The van der Waals surface area contributed by atoms with Crippen LogP contribution >= 0.6 is 0 Å². The first-order valence-electron chi connectivity index (χ1n) is 7.60. The molecule has 0 atom stereocenters. The lowest BCUT2D eigenvalue weighted by atomic mass is 10.1. The second-order valence-electron chi connectivity index (χ2n) is 5.35. The van der Waals surface area contributed by atoms with E-state index in [9.17, 15) is 14.4 Å². The second kappa shape index (κ2) is 8.28. The van der Waals surface area contributed by atoms with Crippen LogP contribution in [0, 0.1) is 0 Å². The molecule has 3 amide bonds. The van der Waals surface area contributed by atoms with Crippen LogP contribution in [0.1, 0.15) is 29.6 Å². The van der Waals surface area contributed by atoms with Gasteiger partial charge >= 0.3 is 11.8 Å². The molecule has 1 aliphatic rings. The Balaban J connectivity index is 1.92. The number of carbonyl (C=O) groups is 3. The summed E-state index contributed by atoms with van der Waals surface area (Å²) in [4.78, 5) is 35.7. The second-order valence-corrected chi connectivity index (χ2v) is 5.35. The van der Waals surface area contributed by atoms with Crippen LogP contribution in [0.15, 0.2) is 24.3 Å². The van der Waals surface area contributed by atoms with Gasteiger partial charge in [0, 0.05) is 26.3 Å². The Morgan fingerprint density at radius 1 is 1.17 bits per heavy atom. The third-order valence-corrected chi connectivity index (χ3v) is 3.35. The average Bonchev–Trinajstić information content (AvgIpc) is 3.35. The van der Waals surface area contributed by atoms with Gasteiger partial charge in [-0.05, 0) is 31.4 Å². The zero-order valence-electron chi connectivity index (χ0n) is 13.1. The van der Waals surface area contributed by atoms with Gasteiger partial charge in [0.15, 0.2) is 0 Å². The summed E-state index contributed by atoms with van der Waals surface area (Å²) in [5.41, 5.74) is 0.669. The smallest absolute Gasteiger partial charge is 0.313 e. The van der Waals surface area contributed by atoms with E-state index in [-0.39, 0.29) is 11.9 Å². The van der Waals surface area contributed by atoms with E-state index in [0.29, 0.717) is 30.8 Å². The van der Waals surface area contributed by atoms with E-state index < -0.39 is 11.8 Å². The highest BCUT2D eigenvalue weighted by atomic mass is 16.5. The van der Waals surface area contributed by atoms with Gasteiger partial charge < -0.3 is 20.7 Å². The first kappa shape index (κ1) is 17.0. The number of amides is 3. The van der Waals surface area contributed by atoms with E-state index in [1.54, 1.807) is 31.4 Å². The Labute approximate surface area is 134 Å². The van der Waals surface area contributed by atoms with Crippen molar-refractivity contribution in [2.75, 3.05) is 25.6 Å². The predicted molar refractivity (Wildman–Crippen MR) is 85.1 cm³/mol. The third kappa shape index (κ3) is 5.37. The normalized spacial score (nSPS) is 13.3. The monoisotopic (exact) mass is 319 g/mol. The quantitative estimate of drug-likeness (QED) is 0.508. The van der Waals surface area contributed by atoms with Crippen LogP contribution in [0.25, 0.3) is 0 Å². The van der Waals surface area contributed by atoms with Crippen LogP contribution < -0.4 is 16.0 Å². The molecule has 7 heteroatoms. The Bertz CT molecular complexity index is 584. The predicted octanol–water partition coefficient (Wildman–Crippen LogP) is 0.670. The maximum atomic E-state index is 12.1. The summed E-state index contributed by atoms with van der Waals surface area (Å²) in [6.07, 6.45) is 2.57. The minimum Gasteiger partial charge on any atom is -0.385 e. The molecule has 0 radical (unpaired) electrons. The number of hydrogen-bond donors (Lipinski definition) is 3. The number of anilines is 1. The van der Waals surface area contributed by atoms with Crippen LogP contribution in [0.4, 0.5) is 5.69 Å². The van der Waals surface area contributed by atoms with Crippen molar-refractivity contribution >= 4 is 23.4 Å². The summed E-state index contributed by atoms with van der Waals surface area (Å²) in [5.74, 6) is -1.78. The molecule has 0 aromatic heterocycles.